The molecule has 8 atom stereocenters. The quantitative estimate of drug-likeness (QED) is 0.123. The largest absolute Gasteiger partial charge is 0.460 e. The SMILES string of the molecule is CCC(CC)C(O)C1C2CC(OC(=O)COC(=O)C(I)C(C)NI)C(C2)C1C(CC)CC. The Morgan fingerprint density at radius 2 is 1.69 bits per heavy atom. The van der Waals surface area contributed by atoms with Crippen molar-refractivity contribution in [3.05, 3.63) is 0 Å². The molecule has 6 nitrogen and oxygen atoms in total. The van der Waals surface area contributed by atoms with Crippen LogP contribution in [-0.2, 0) is 19.1 Å². The fourth-order valence-corrected chi connectivity index (χ4v) is 7.69. The van der Waals surface area contributed by atoms with Gasteiger partial charge in [0.1, 0.15) is 10.0 Å². The Balaban J connectivity index is 2.03. The summed E-state index contributed by atoms with van der Waals surface area (Å²) < 4.78 is 13.7. The summed E-state index contributed by atoms with van der Waals surface area (Å²) in [5.41, 5.74) is 0. The highest BCUT2D eigenvalue weighted by Crippen LogP contribution is 2.58. The van der Waals surface area contributed by atoms with E-state index in [0.29, 0.717) is 35.5 Å². The second kappa shape index (κ2) is 13.4. The minimum absolute atomic E-state index is 0.0514. The zero-order valence-electron chi connectivity index (χ0n) is 20.1. The van der Waals surface area contributed by atoms with Crippen LogP contribution in [0.15, 0.2) is 0 Å². The van der Waals surface area contributed by atoms with Gasteiger partial charge in [-0.15, -0.1) is 0 Å². The third-order valence-electron chi connectivity index (χ3n) is 8.04. The molecule has 8 unspecified atom stereocenters. The number of alkyl halides is 1. The summed E-state index contributed by atoms with van der Waals surface area (Å²) in [6.07, 6.45) is 5.57. The molecular formula is C24H41I2NO5. The van der Waals surface area contributed by atoms with Gasteiger partial charge in [0.15, 0.2) is 6.61 Å². The maximum Gasteiger partial charge on any atom is 0.344 e. The molecule has 2 saturated carbocycles. The molecule has 2 bridgehead atoms. The van der Waals surface area contributed by atoms with Gasteiger partial charge >= 0.3 is 11.9 Å². The minimum atomic E-state index is -0.463. The van der Waals surface area contributed by atoms with E-state index in [1.54, 1.807) is 0 Å². The first-order valence-corrected chi connectivity index (χ1v) is 14.6. The number of nitrogens with one attached hydrogen (secondary N) is 1. The first kappa shape index (κ1) is 28.6. The summed E-state index contributed by atoms with van der Waals surface area (Å²) in [5, 5.41) is 11.3. The van der Waals surface area contributed by atoms with Crippen LogP contribution in [0.25, 0.3) is 0 Å². The van der Waals surface area contributed by atoms with E-state index in [9.17, 15) is 14.7 Å². The summed E-state index contributed by atoms with van der Waals surface area (Å²) >= 11 is 4.03. The van der Waals surface area contributed by atoms with Crippen molar-refractivity contribution in [1.29, 1.82) is 0 Å². The van der Waals surface area contributed by atoms with Crippen LogP contribution in [0.4, 0.5) is 0 Å². The zero-order valence-corrected chi connectivity index (χ0v) is 24.4. The lowest BCUT2D eigenvalue weighted by Gasteiger charge is -2.43. The first-order valence-electron chi connectivity index (χ1n) is 12.3. The molecule has 2 fully saturated rings. The summed E-state index contributed by atoms with van der Waals surface area (Å²) in [5.74, 6) is 1.36. The van der Waals surface area contributed by atoms with E-state index in [0.717, 1.165) is 38.5 Å². The van der Waals surface area contributed by atoms with Crippen molar-refractivity contribution in [2.45, 2.75) is 95.3 Å². The number of aliphatic hydroxyl groups excluding tert-OH is 1. The molecule has 32 heavy (non-hydrogen) atoms. The molecule has 0 aromatic rings. The molecule has 2 aliphatic rings. The molecule has 186 valence electrons. The zero-order chi connectivity index (χ0) is 24.0. The number of aliphatic hydroxyl groups is 1. The van der Waals surface area contributed by atoms with Crippen molar-refractivity contribution in [2.75, 3.05) is 6.61 Å². The molecule has 0 saturated heterocycles. The van der Waals surface area contributed by atoms with Crippen LogP contribution >= 0.6 is 45.5 Å². The predicted molar refractivity (Wildman–Crippen MR) is 143 cm³/mol. The van der Waals surface area contributed by atoms with Crippen LogP contribution in [0.3, 0.4) is 0 Å². The van der Waals surface area contributed by atoms with Gasteiger partial charge in [0, 0.05) is 28.9 Å². The van der Waals surface area contributed by atoms with Crippen molar-refractivity contribution >= 4 is 57.4 Å². The second-order valence-corrected chi connectivity index (χ2v) is 11.6. The van der Waals surface area contributed by atoms with Crippen molar-refractivity contribution < 1.29 is 24.2 Å². The van der Waals surface area contributed by atoms with Crippen LogP contribution in [-0.4, -0.2) is 45.8 Å². The number of carbonyl (C=O) groups is 2. The van der Waals surface area contributed by atoms with Crippen LogP contribution < -0.4 is 3.53 Å². The van der Waals surface area contributed by atoms with Gasteiger partial charge in [-0.25, -0.2) is 4.79 Å². The lowest BCUT2D eigenvalue weighted by molar-refractivity contribution is -0.166. The highest BCUT2D eigenvalue weighted by molar-refractivity contribution is 14.1. The van der Waals surface area contributed by atoms with Gasteiger partial charge in [-0.05, 0) is 55.3 Å². The summed E-state index contributed by atoms with van der Waals surface area (Å²) in [7, 11) is 0. The Hall–Kier alpha value is 0.320. The number of fused-ring (bicyclic) bond motifs is 2. The van der Waals surface area contributed by atoms with Gasteiger partial charge in [-0.2, -0.15) is 0 Å². The van der Waals surface area contributed by atoms with Gasteiger partial charge in [0.25, 0.3) is 0 Å². The molecule has 2 N–H and O–H groups in total. The molecule has 0 heterocycles. The summed E-state index contributed by atoms with van der Waals surface area (Å²) in [6, 6.07) is -0.0514. The predicted octanol–water partition coefficient (Wildman–Crippen LogP) is 5.08. The van der Waals surface area contributed by atoms with Gasteiger partial charge in [-0.3, -0.25) is 8.32 Å². The van der Waals surface area contributed by atoms with Gasteiger partial charge in [0.2, 0.25) is 0 Å². The molecule has 8 heteroatoms. The van der Waals surface area contributed by atoms with E-state index in [-0.39, 0.29) is 28.8 Å². The smallest absolute Gasteiger partial charge is 0.344 e. The molecule has 0 aromatic heterocycles. The fourth-order valence-electron chi connectivity index (χ4n) is 6.29. The number of hydrogen-bond acceptors (Lipinski definition) is 6. The van der Waals surface area contributed by atoms with Gasteiger partial charge in [-0.1, -0.05) is 76.0 Å². The Morgan fingerprint density at radius 1 is 1.06 bits per heavy atom. The average Bonchev–Trinajstić information content (AvgIpc) is 3.36. The summed E-state index contributed by atoms with van der Waals surface area (Å²) in [6.45, 7) is 10.3. The van der Waals surface area contributed by atoms with Gasteiger partial charge < -0.3 is 14.6 Å². The van der Waals surface area contributed by atoms with Crippen molar-refractivity contribution in [3.8, 4) is 0 Å². The maximum absolute atomic E-state index is 12.5. The van der Waals surface area contributed by atoms with Crippen molar-refractivity contribution in [1.82, 2.24) is 3.53 Å². The van der Waals surface area contributed by atoms with E-state index in [1.807, 2.05) is 52.4 Å². The topological polar surface area (TPSA) is 84.9 Å². The van der Waals surface area contributed by atoms with E-state index in [1.165, 1.54) is 0 Å². The van der Waals surface area contributed by atoms with E-state index in [2.05, 4.69) is 31.2 Å². The molecule has 2 rings (SSSR count). The van der Waals surface area contributed by atoms with Crippen molar-refractivity contribution in [2.24, 2.45) is 35.5 Å². The maximum atomic E-state index is 12.5. The molecular weight excluding hydrogens is 636 g/mol. The molecule has 0 spiro atoms. The van der Waals surface area contributed by atoms with E-state index >= 15 is 0 Å². The molecule has 2 aliphatic carbocycles. The molecule has 0 radical (unpaired) electrons. The monoisotopic (exact) mass is 677 g/mol. The van der Waals surface area contributed by atoms with Crippen molar-refractivity contribution in [3.63, 3.8) is 0 Å². The van der Waals surface area contributed by atoms with Gasteiger partial charge in [0.05, 0.1) is 6.10 Å². The summed E-state index contributed by atoms with van der Waals surface area (Å²) in [4.78, 5) is 24.7. The number of rotatable bonds is 13. The Kier molecular flexibility index (Phi) is 12.0. The molecule has 0 aliphatic heterocycles. The number of esters is 2. The highest BCUT2D eigenvalue weighted by Gasteiger charge is 2.58. The Bertz CT molecular complexity index is 613. The second-order valence-electron chi connectivity index (χ2n) is 9.63. The number of ether oxygens (including phenoxy) is 2. The normalized spacial score (nSPS) is 29.9. The van der Waals surface area contributed by atoms with E-state index in [4.69, 9.17) is 9.47 Å². The number of carbonyl (C=O) groups excluding carboxylic acids is 2. The fraction of sp³-hybridized carbons (Fsp3) is 0.917. The van der Waals surface area contributed by atoms with Crippen LogP contribution in [0.5, 0.6) is 0 Å². The van der Waals surface area contributed by atoms with Crippen LogP contribution in [0.1, 0.15) is 73.1 Å². The third kappa shape index (κ3) is 6.50. The van der Waals surface area contributed by atoms with E-state index < -0.39 is 11.9 Å². The third-order valence-corrected chi connectivity index (χ3v) is 10.6. The molecule has 0 amide bonds. The van der Waals surface area contributed by atoms with Crippen LogP contribution in [0.2, 0.25) is 0 Å². The highest BCUT2D eigenvalue weighted by atomic mass is 127. The lowest BCUT2D eigenvalue weighted by atomic mass is 9.65. The molecule has 0 aromatic carbocycles. The average molecular weight is 677 g/mol. The number of halogens is 2. The van der Waals surface area contributed by atoms with Crippen LogP contribution in [0, 0.1) is 35.5 Å². The number of hydrogen-bond donors (Lipinski definition) is 2. The Morgan fingerprint density at radius 3 is 2.22 bits per heavy atom. The lowest BCUT2D eigenvalue weighted by Crippen LogP contribution is -2.45. The Labute approximate surface area is 221 Å². The first-order chi connectivity index (χ1) is 15.2. The standard InChI is InChI=1S/C24H41I2NO5/c1-6-14(7-2)20-17-10-16(21(20)23(29)15(8-3)9-4)11-18(17)32-19(28)12-31-24(30)22(25)13(5)27-26/h13-18,20-23,27,29H,6-12H2,1-5H3. The minimum Gasteiger partial charge on any atom is -0.460 e.